The highest BCUT2D eigenvalue weighted by atomic mass is 32.2. The summed E-state index contributed by atoms with van der Waals surface area (Å²) in [7, 11) is -2.85. The zero-order valence-electron chi connectivity index (χ0n) is 9.74. The molecule has 3 nitrogen and oxygen atoms in total. The Labute approximate surface area is 101 Å². The molecule has 2 rings (SSSR count). The van der Waals surface area contributed by atoms with Gasteiger partial charge in [-0.05, 0) is 30.5 Å². The van der Waals surface area contributed by atoms with Crippen LogP contribution in [0.4, 0.5) is 4.39 Å². The standard InChI is InChI=1S/C12H16FNO2S/c1-9-2-3-10(6-12(9)13)7-14-11-4-5-17(15,16)8-11/h2-3,6,11,14H,4-5,7-8H2,1H3/t11-/m0/s1. The molecule has 1 atom stereocenters. The second-order valence-electron chi connectivity index (χ2n) is 4.56. The lowest BCUT2D eigenvalue weighted by Crippen LogP contribution is -2.29. The fourth-order valence-electron chi connectivity index (χ4n) is 1.96. The molecular formula is C12H16FNO2S. The van der Waals surface area contributed by atoms with Gasteiger partial charge in [-0.2, -0.15) is 0 Å². The summed E-state index contributed by atoms with van der Waals surface area (Å²) in [5.74, 6) is 0.234. The summed E-state index contributed by atoms with van der Waals surface area (Å²) in [6.45, 7) is 2.23. The van der Waals surface area contributed by atoms with Crippen LogP contribution in [0.1, 0.15) is 17.5 Å². The lowest BCUT2D eigenvalue weighted by molar-refractivity contribution is 0.550. The molecule has 1 heterocycles. The molecule has 1 aliphatic heterocycles. The maximum Gasteiger partial charge on any atom is 0.151 e. The summed E-state index contributed by atoms with van der Waals surface area (Å²) in [4.78, 5) is 0. The number of aryl methyl sites for hydroxylation is 1. The van der Waals surface area contributed by atoms with E-state index in [9.17, 15) is 12.8 Å². The number of benzene rings is 1. The first-order valence-corrected chi connectivity index (χ1v) is 7.47. The largest absolute Gasteiger partial charge is 0.309 e. The quantitative estimate of drug-likeness (QED) is 0.890. The molecule has 0 unspecified atom stereocenters. The van der Waals surface area contributed by atoms with Gasteiger partial charge in [0.15, 0.2) is 9.84 Å². The van der Waals surface area contributed by atoms with Gasteiger partial charge in [-0.1, -0.05) is 12.1 Å². The van der Waals surface area contributed by atoms with Gasteiger partial charge in [0.2, 0.25) is 0 Å². The van der Waals surface area contributed by atoms with Crippen LogP contribution in [0.5, 0.6) is 0 Å². The molecule has 1 aliphatic rings. The molecule has 0 aliphatic carbocycles. The molecule has 0 radical (unpaired) electrons. The highest BCUT2D eigenvalue weighted by Crippen LogP contribution is 2.13. The van der Waals surface area contributed by atoms with Gasteiger partial charge in [-0.15, -0.1) is 0 Å². The van der Waals surface area contributed by atoms with E-state index in [0.29, 0.717) is 18.5 Å². The van der Waals surface area contributed by atoms with Crippen molar-refractivity contribution in [3.05, 3.63) is 35.1 Å². The van der Waals surface area contributed by atoms with Crippen LogP contribution in [0.3, 0.4) is 0 Å². The number of hydrogen-bond donors (Lipinski definition) is 1. The minimum atomic E-state index is -2.85. The van der Waals surface area contributed by atoms with Crippen LogP contribution in [0.25, 0.3) is 0 Å². The van der Waals surface area contributed by atoms with Crippen LogP contribution in [-0.4, -0.2) is 26.0 Å². The molecule has 1 aromatic rings. The molecule has 0 amide bonds. The third-order valence-electron chi connectivity index (χ3n) is 3.06. The normalized spacial score (nSPS) is 22.8. The second kappa shape index (κ2) is 4.74. The molecule has 1 aromatic carbocycles. The molecule has 0 spiro atoms. The molecule has 1 saturated heterocycles. The molecule has 0 aromatic heterocycles. The van der Waals surface area contributed by atoms with Gasteiger partial charge in [-0.25, -0.2) is 12.8 Å². The van der Waals surface area contributed by atoms with Gasteiger partial charge in [0.05, 0.1) is 11.5 Å². The van der Waals surface area contributed by atoms with Crippen molar-refractivity contribution in [3.63, 3.8) is 0 Å². The smallest absolute Gasteiger partial charge is 0.151 e. The van der Waals surface area contributed by atoms with E-state index >= 15 is 0 Å². The van der Waals surface area contributed by atoms with Crippen LogP contribution in [0.2, 0.25) is 0 Å². The maximum atomic E-state index is 13.3. The van der Waals surface area contributed by atoms with Crippen LogP contribution < -0.4 is 5.32 Å². The van der Waals surface area contributed by atoms with Crippen molar-refractivity contribution in [2.75, 3.05) is 11.5 Å². The van der Waals surface area contributed by atoms with Crippen LogP contribution in [-0.2, 0) is 16.4 Å². The Morgan fingerprint density at radius 2 is 2.24 bits per heavy atom. The first kappa shape index (κ1) is 12.5. The van der Waals surface area contributed by atoms with E-state index in [-0.39, 0.29) is 23.4 Å². The van der Waals surface area contributed by atoms with E-state index < -0.39 is 9.84 Å². The average molecular weight is 257 g/mol. The second-order valence-corrected chi connectivity index (χ2v) is 6.79. The maximum absolute atomic E-state index is 13.3. The summed E-state index contributed by atoms with van der Waals surface area (Å²) in [6.07, 6.45) is 0.649. The molecule has 1 fully saturated rings. The Kier molecular flexibility index (Phi) is 3.49. The molecular weight excluding hydrogens is 241 g/mol. The van der Waals surface area contributed by atoms with Crippen molar-refractivity contribution in [1.82, 2.24) is 5.32 Å². The number of nitrogens with one attached hydrogen (secondary N) is 1. The van der Waals surface area contributed by atoms with E-state index in [0.717, 1.165) is 5.56 Å². The van der Waals surface area contributed by atoms with Gasteiger partial charge in [0.25, 0.3) is 0 Å². The minimum Gasteiger partial charge on any atom is -0.309 e. The Morgan fingerprint density at radius 3 is 2.82 bits per heavy atom. The van der Waals surface area contributed by atoms with Crippen LogP contribution in [0.15, 0.2) is 18.2 Å². The summed E-state index contributed by atoms with van der Waals surface area (Å²) in [5.41, 5.74) is 1.47. The van der Waals surface area contributed by atoms with Gasteiger partial charge >= 0.3 is 0 Å². The first-order valence-electron chi connectivity index (χ1n) is 5.65. The van der Waals surface area contributed by atoms with Crippen LogP contribution >= 0.6 is 0 Å². The summed E-state index contributed by atoms with van der Waals surface area (Å²) >= 11 is 0. The van der Waals surface area contributed by atoms with E-state index in [1.807, 2.05) is 6.07 Å². The number of hydrogen-bond acceptors (Lipinski definition) is 3. The van der Waals surface area contributed by atoms with Crippen molar-refractivity contribution >= 4 is 9.84 Å². The van der Waals surface area contributed by atoms with Gasteiger partial charge in [0, 0.05) is 12.6 Å². The molecule has 5 heteroatoms. The lowest BCUT2D eigenvalue weighted by Gasteiger charge is -2.10. The molecule has 0 saturated carbocycles. The fraction of sp³-hybridized carbons (Fsp3) is 0.500. The predicted molar refractivity (Wildman–Crippen MR) is 65.0 cm³/mol. The highest BCUT2D eigenvalue weighted by Gasteiger charge is 2.27. The van der Waals surface area contributed by atoms with Crippen molar-refractivity contribution in [2.24, 2.45) is 0 Å². The minimum absolute atomic E-state index is 0.00404. The van der Waals surface area contributed by atoms with E-state index in [2.05, 4.69) is 5.32 Å². The monoisotopic (exact) mass is 257 g/mol. The van der Waals surface area contributed by atoms with Crippen molar-refractivity contribution < 1.29 is 12.8 Å². The molecule has 17 heavy (non-hydrogen) atoms. The van der Waals surface area contributed by atoms with Crippen molar-refractivity contribution in [2.45, 2.75) is 25.9 Å². The van der Waals surface area contributed by atoms with E-state index in [1.54, 1.807) is 13.0 Å². The summed E-state index contributed by atoms with van der Waals surface area (Å²) in [6, 6.07) is 5.09. The SMILES string of the molecule is Cc1ccc(CN[C@H]2CCS(=O)(=O)C2)cc1F. The Morgan fingerprint density at radius 1 is 1.47 bits per heavy atom. The van der Waals surface area contributed by atoms with Crippen molar-refractivity contribution in [3.8, 4) is 0 Å². The topological polar surface area (TPSA) is 46.2 Å². The third-order valence-corrected chi connectivity index (χ3v) is 4.83. The number of halogens is 1. The number of sulfone groups is 1. The van der Waals surface area contributed by atoms with E-state index in [1.165, 1.54) is 6.07 Å². The molecule has 0 bridgehead atoms. The molecule has 1 N–H and O–H groups in total. The summed E-state index contributed by atoms with van der Waals surface area (Å²) < 4.78 is 35.8. The van der Waals surface area contributed by atoms with Crippen LogP contribution in [0, 0.1) is 12.7 Å². The summed E-state index contributed by atoms with van der Waals surface area (Å²) in [5, 5.41) is 3.15. The number of rotatable bonds is 3. The third kappa shape index (κ3) is 3.26. The van der Waals surface area contributed by atoms with Crippen molar-refractivity contribution in [1.29, 1.82) is 0 Å². The zero-order valence-corrected chi connectivity index (χ0v) is 10.6. The average Bonchev–Trinajstić information content (AvgIpc) is 2.60. The first-order chi connectivity index (χ1) is 7.96. The Balaban J connectivity index is 1.92. The Hall–Kier alpha value is -0.940. The van der Waals surface area contributed by atoms with Gasteiger partial charge < -0.3 is 5.32 Å². The Bertz CT molecular complexity index is 513. The zero-order chi connectivity index (χ0) is 12.5. The predicted octanol–water partition coefficient (Wildman–Crippen LogP) is 1.41. The van der Waals surface area contributed by atoms with E-state index in [4.69, 9.17) is 0 Å². The fourth-order valence-corrected chi connectivity index (χ4v) is 3.67. The highest BCUT2D eigenvalue weighted by molar-refractivity contribution is 7.91. The molecule has 94 valence electrons. The van der Waals surface area contributed by atoms with Gasteiger partial charge in [0.1, 0.15) is 5.82 Å². The van der Waals surface area contributed by atoms with Gasteiger partial charge in [-0.3, -0.25) is 0 Å². The lowest BCUT2D eigenvalue weighted by atomic mass is 10.1.